The molecule has 0 radical (unpaired) electrons. The van der Waals surface area contributed by atoms with Crippen LogP contribution in [0.15, 0.2) is 40.2 Å². The molecule has 6 heteroatoms. The summed E-state index contributed by atoms with van der Waals surface area (Å²) >= 11 is 9.98. The van der Waals surface area contributed by atoms with Crippen molar-refractivity contribution in [2.75, 3.05) is 13.2 Å². The molecule has 1 saturated heterocycles. The largest absolute Gasteiger partial charge is 0.493 e. The van der Waals surface area contributed by atoms with Crippen molar-refractivity contribution >= 4 is 56.2 Å². The number of thioether (sulfide) groups is 1. The first-order chi connectivity index (χ1) is 10.1. The van der Waals surface area contributed by atoms with Crippen LogP contribution < -0.4 is 4.74 Å². The third-order valence-electron chi connectivity index (χ3n) is 2.74. The number of rotatable bonds is 5. The molecule has 0 aromatic heterocycles. The molecular weight excluding hydrogens is 370 g/mol. The second-order valence-corrected chi connectivity index (χ2v) is 6.73. The molecule has 1 aromatic carbocycles. The van der Waals surface area contributed by atoms with Gasteiger partial charge in [0.05, 0.1) is 16.0 Å². The van der Waals surface area contributed by atoms with Gasteiger partial charge in [-0.25, -0.2) is 0 Å². The summed E-state index contributed by atoms with van der Waals surface area (Å²) < 4.78 is 6.90. The van der Waals surface area contributed by atoms with Crippen LogP contribution in [0, 0.1) is 0 Å². The molecule has 110 valence electrons. The molecule has 0 bridgehead atoms. The van der Waals surface area contributed by atoms with E-state index in [2.05, 4.69) is 22.5 Å². The number of amides is 1. The summed E-state index contributed by atoms with van der Waals surface area (Å²) in [6, 6.07) is 5.71. The van der Waals surface area contributed by atoms with Crippen LogP contribution in [0.4, 0.5) is 0 Å². The van der Waals surface area contributed by atoms with Gasteiger partial charge in [-0.2, -0.15) is 0 Å². The summed E-state index contributed by atoms with van der Waals surface area (Å²) in [5.74, 6) is 0.712. The summed E-state index contributed by atoms with van der Waals surface area (Å²) in [7, 11) is 0. The zero-order valence-corrected chi connectivity index (χ0v) is 14.7. The number of halogens is 1. The highest BCUT2D eigenvalue weighted by Gasteiger charge is 2.30. The van der Waals surface area contributed by atoms with Gasteiger partial charge in [-0.3, -0.25) is 9.69 Å². The van der Waals surface area contributed by atoms with Crippen LogP contribution in [0.3, 0.4) is 0 Å². The van der Waals surface area contributed by atoms with E-state index in [4.69, 9.17) is 17.0 Å². The van der Waals surface area contributed by atoms with E-state index < -0.39 is 0 Å². The van der Waals surface area contributed by atoms with E-state index in [9.17, 15) is 4.79 Å². The van der Waals surface area contributed by atoms with E-state index in [0.717, 1.165) is 15.8 Å². The zero-order valence-electron chi connectivity index (χ0n) is 11.5. The maximum absolute atomic E-state index is 12.2. The lowest BCUT2D eigenvalue weighted by atomic mass is 10.2. The highest BCUT2D eigenvalue weighted by Crippen LogP contribution is 2.33. The van der Waals surface area contributed by atoms with Crippen molar-refractivity contribution in [1.29, 1.82) is 0 Å². The molecule has 0 spiro atoms. The van der Waals surface area contributed by atoms with E-state index in [1.165, 1.54) is 11.8 Å². The van der Waals surface area contributed by atoms with E-state index in [0.29, 0.717) is 22.4 Å². The Balaban J connectivity index is 2.24. The predicted molar refractivity (Wildman–Crippen MR) is 95.4 cm³/mol. The van der Waals surface area contributed by atoms with Gasteiger partial charge in [-0.1, -0.05) is 36.1 Å². The van der Waals surface area contributed by atoms with Gasteiger partial charge in [-0.15, -0.1) is 6.58 Å². The fourth-order valence-electron chi connectivity index (χ4n) is 1.82. The Labute approximate surface area is 142 Å². The second-order valence-electron chi connectivity index (χ2n) is 4.20. The average Bonchev–Trinajstić information content (AvgIpc) is 2.70. The molecule has 1 fully saturated rings. The first kappa shape index (κ1) is 16.3. The van der Waals surface area contributed by atoms with Crippen LogP contribution in [0.5, 0.6) is 5.75 Å². The Hall–Kier alpha value is -1.11. The van der Waals surface area contributed by atoms with Crippen LogP contribution in [-0.2, 0) is 4.79 Å². The van der Waals surface area contributed by atoms with Crippen molar-refractivity contribution in [1.82, 2.24) is 4.90 Å². The van der Waals surface area contributed by atoms with Crippen molar-refractivity contribution in [3.05, 3.63) is 45.8 Å². The lowest BCUT2D eigenvalue weighted by Gasteiger charge is -2.10. The van der Waals surface area contributed by atoms with Gasteiger partial charge in [0.1, 0.15) is 10.1 Å². The third-order valence-corrected chi connectivity index (χ3v) is 4.74. The van der Waals surface area contributed by atoms with Crippen molar-refractivity contribution in [3.63, 3.8) is 0 Å². The number of hydrogen-bond acceptors (Lipinski definition) is 4. The fourth-order valence-corrected chi connectivity index (χ4v) is 3.60. The van der Waals surface area contributed by atoms with Gasteiger partial charge in [0.25, 0.3) is 5.91 Å². The molecule has 0 saturated carbocycles. The highest BCUT2D eigenvalue weighted by molar-refractivity contribution is 9.10. The Morgan fingerprint density at radius 2 is 2.29 bits per heavy atom. The molecule has 1 heterocycles. The molecule has 0 aliphatic carbocycles. The highest BCUT2D eigenvalue weighted by atomic mass is 79.9. The summed E-state index contributed by atoms with van der Waals surface area (Å²) in [6.07, 6.45) is 3.50. The van der Waals surface area contributed by atoms with Crippen LogP contribution in [0.1, 0.15) is 12.5 Å². The smallest absolute Gasteiger partial charge is 0.266 e. The van der Waals surface area contributed by atoms with Crippen molar-refractivity contribution < 1.29 is 9.53 Å². The molecule has 1 amide bonds. The van der Waals surface area contributed by atoms with Crippen LogP contribution in [0.2, 0.25) is 0 Å². The topological polar surface area (TPSA) is 29.5 Å². The first-order valence-corrected chi connectivity index (χ1v) is 8.37. The van der Waals surface area contributed by atoms with E-state index in [1.807, 2.05) is 31.2 Å². The van der Waals surface area contributed by atoms with Gasteiger partial charge in [0, 0.05) is 6.54 Å². The summed E-state index contributed by atoms with van der Waals surface area (Å²) in [5, 5.41) is 0. The number of ether oxygens (including phenoxy) is 1. The van der Waals surface area contributed by atoms with Gasteiger partial charge in [0.15, 0.2) is 0 Å². The minimum absolute atomic E-state index is 0.0742. The van der Waals surface area contributed by atoms with Crippen LogP contribution in [-0.4, -0.2) is 28.3 Å². The van der Waals surface area contributed by atoms with Gasteiger partial charge in [-0.05, 0) is 46.6 Å². The van der Waals surface area contributed by atoms with Gasteiger partial charge in [0.2, 0.25) is 0 Å². The number of nitrogens with zero attached hydrogens (tertiary/aromatic N) is 1. The standard InChI is InChI=1S/C15H14BrNO2S2/c1-3-7-17-14(18)13(21-15(17)20)9-10-5-6-12(19-4-2)11(16)8-10/h3,5-6,8-9H,1,4,7H2,2H3/b13-9+. The van der Waals surface area contributed by atoms with E-state index in [1.54, 1.807) is 11.0 Å². The molecule has 1 aliphatic rings. The van der Waals surface area contributed by atoms with Crippen molar-refractivity contribution in [2.45, 2.75) is 6.92 Å². The van der Waals surface area contributed by atoms with Crippen LogP contribution in [0.25, 0.3) is 6.08 Å². The third kappa shape index (κ3) is 3.75. The normalized spacial score (nSPS) is 16.7. The lowest BCUT2D eigenvalue weighted by molar-refractivity contribution is -0.121. The van der Waals surface area contributed by atoms with Crippen molar-refractivity contribution in [3.8, 4) is 5.75 Å². The fraction of sp³-hybridized carbons (Fsp3) is 0.200. The number of carbonyl (C=O) groups excluding carboxylic acids is 1. The van der Waals surface area contributed by atoms with E-state index in [-0.39, 0.29) is 5.91 Å². The predicted octanol–water partition coefficient (Wildman–Crippen LogP) is 4.24. The molecule has 21 heavy (non-hydrogen) atoms. The van der Waals surface area contributed by atoms with E-state index >= 15 is 0 Å². The molecule has 2 rings (SSSR count). The molecule has 3 nitrogen and oxygen atoms in total. The Bertz CT molecular complexity index is 628. The summed E-state index contributed by atoms with van der Waals surface area (Å²) in [6.45, 7) is 6.62. The maximum atomic E-state index is 12.2. The lowest BCUT2D eigenvalue weighted by Crippen LogP contribution is -2.27. The monoisotopic (exact) mass is 383 g/mol. The summed E-state index contributed by atoms with van der Waals surface area (Å²) in [5.41, 5.74) is 0.921. The minimum atomic E-state index is -0.0742. The average molecular weight is 384 g/mol. The number of thiocarbonyl (C=S) groups is 1. The molecule has 0 unspecified atom stereocenters. The minimum Gasteiger partial charge on any atom is -0.493 e. The number of benzene rings is 1. The molecule has 1 aliphatic heterocycles. The Morgan fingerprint density at radius 1 is 1.52 bits per heavy atom. The first-order valence-electron chi connectivity index (χ1n) is 6.35. The quantitative estimate of drug-likeness (QED) is 0.432. The van der Waals surface area contributed by atoms with Crippen LogP contribution >= 0.6 is 39.9 Å². The molecule has 0 atom stereocenters. The molecule has 1 aromatic rings. The zero-order chi connectivity index (χ0) is 15.4. The van der Waals surface area contributed by atoms with Gasteiger partial charge < -0.3 is 4.74 Å². The Morgan fingerprint density at radius 3 is 2.90 bits per heavy atom. The number of carbonyl (C=O) groups is 1. The molecule has 0 N–H and O–H groups in total. The second kappa shape index (κ2) is 7.24. The SMILES string of the molecule is C=CCN1C(=O)/C(=C\c2ccc(OCC)c(Br)c2)SC1=S. The molecular formula is C15H14BrNO2S2. The van der Waals surface area contributed by atoms with Gasteiger partial charge >= 0.3 is 0 Å². The number of hydrogen-bond donors (Lipinski definition) is 0. The summed E-state index contributed by atoms with van der Waals surface area (Å²) in [4.78, 5) is 14.4. The van der Waals surface area contributed by atoms with Crippen molar-refractivity contribution in [2.24, 2.45) is 0 Å². The maximum Gasteiger partial charge on any atom is 0.266 e. The Kier molecular flexibility index (Phi) is 5.61.